The van der Waals surface area contributed by atoms with Gasteiger partial charge >= 0.3 is 0 Å². The van der Waals surface area contributed by atoms with Crippen LogP contribution in [0.25, 0.3) is 0 Å². The summed E-state index contributed by atoms with van der Waals surface area (Å²) >= 11 is 0. The molecule has 0 aromatic rings. The highest BCUT2D eigenvalue weighted by Crippen LogP contribution is 2.03. The van der Waals surface area contributed by atoms with E-state index in [1.165, 1.54) is 6.42 Å². The molecule has 0 aromatic carbocycles. The van der Waals surface area contributed by atoms with Crippen LogP contribution in [0.4, 0.5) is 0 Å². The zero-order valence-corrected chi connectivity index (χ0v) is 9.16. The summed E-state index contributed by atoms with van der Waals surface area (Å²) in [6.45, 7) is 6.67. The standard InChI is InChI=1S/C6H16N2.C3H10N2/c1-3-4-5(2)6(7)8;1-3(5)2-4/h5-6H,3-4,7-8H2,1-2H3;3H,2,4-5H2,1H3. The van der Waals surface area contributed by atoms with Crippen LogP contribution >= 0.6 is 0 Å². The van der Waals surface area contributed by atoms with Crippen LogP contribution < -0.4 is 22.9 Å². The maximum Gasteiger partial charge on any atom is 0.0547 e. The number of rotatable bonds is 4. The average molecular weight is 190 g/mol. The Morgan fingerprint density at radius 2 is 1.46 bits per heavy atom. The Bertz CT molecular complexity index is 93.6. The number of hydrogen-bond acceptors (Lipinski definition) is 4. The Morgan fingerprint density at radius 3 is 1.54 bits per heavy atom. The third kappa shape index (κ3) is 14.7. The van der Waals surface area contributed by atoms with Gasteiger partial charge in [-0.25, -0.2) is 0 Å². The molecule has 8 N–H and O–H groups in total. The summed E-state index contributed by atoms with van der Waals surface area (Å²) in [5.74, 6) is 0.472. The molecule has 0 radical (unpaired) electrons. The molecule has 0 aromatic heterocycles. The average Bonchev–Trinajstić information content (AvgIpc) is 2.06. The predicted molar refractivity (Wildman–Crippen MR) is 58.9 cm³/mol. The van der Waals surface area contributed by atoms with E-state index in [1.54, 1.807) is 0 Å². The fourth-order valence-corrected chi connectivity index (χ4v) is 0.648. The Balaban J connectivity index is 0. The molecule has 0 bridgehead atoms. The van der Waals surface area contributed by atoms with E-state index in [2.05, 4.69) is 13.8 Å². The van der Waals surface area contributed by atoms with Crippen LogP contribution in [0, 0.1) is 5.92 Å². The smallest absolute Gasteiger partial charge is 0.0547 e. The van der Waals surface area contributed by atoms with Gasteiger partial charge < -0.3 is 22.9 Å². The van der Waals surface area contributed by atoms with Crippen molar-refractivity contribution in [2.75, 3.05) is 6.54 Å². The maximum absolute atomic E-state index is 5.40. The molecule has 13 heavy (non-hydrogen) atoms. The van der Waals surface area contributed by atoms with Gasteiger partial charge in [0.1, 0.15) is 0 Å². The van der Waals surface area contributed by atoms with Crippen molar-refractivity contribution in [3.05, 3.63) is 0 Å². The highest BCUT2D eigenvalue weighted by molar-refractivity contribution is 4.60. The molecule has 0 spiro atoms. The van der Waals surface area contributed by atoms with Gasteiger partial charge in [0.25, 0.3) is 0 Å². The second kappa shape index (κ2) is 9.92. The summed E-state index contributed by atoms with van der Waals surface area (Å²) in [6, 6.07) is 0.162. The summed E-state index contributed by atoms with van der Waals surface area (Å²) in [4.78, 5) is 0. The van der Waals surface area contributed by atoms with Gasteiger partial charge in [-0.1, -0.05) is 20.3 Å². The second-order valence-electron chi connectivity index (χ2n) is 3.56. The number of hydrogen-bond donors (Lipinski definition) is 4. The Hall–Kier alpha value is -0.160. The van der Waals surface area contributed by atoms with Crippen LogP contribution in [0.1, 0.15) is 33.6 Å². The molecule has 0 aliphatic rings. The van der Waals surface area contributed by atoms with Crippen LogP contribution in [0.15, 0.2) is 0 Å². The summed E-state index contributed by atoms with van der Waals surface area (Å²) < 4.78 is 0. The summed E-state index contributed by atoms with van der Waals surface area (Å²) in [6.07, 6.45) is 2.18. The molecular formula is C9H26N4. The van der Waals surface area contributed by atoms with Gasteiger partial charge in [-0.2, -0.15) is 0 Å². The van der Waals surface area contributed by atoms with Crippen molar-refractivity contribution in [1.82, 2.24) is 0 Å². The highest BCUT2D eigenvalue weighted by atomic mass is 14.9. The summed E-state index contributed by atoms with van der Waals surface area (Å²) in [7, 11) is 0. The molecule has 0 heterocycles. The molecule has 4 heteroatoms. The minimum Gasteiger partial charge on any atom is -0.329 e. The minimum atomic E-state index is -0.130. The quantitative estimate of drug-likeness (QED) is 0.467. The van der Waals surface area contributed by atoms with Crippen LogP contribution in [-0.2, 0) is 0 Å². The second-order valence-corrected chi connectivity index (χ2v) is 3.56. The van der Waals surface area contributed by atoms with Gasteiger partial charge in [-0.05, 0) is 19.3 Å². The fraction of sp³-hybridized carbons (Fsp3) is 1.00. The molecule has 2 atom stereocenters. The topological polar surface area (TPSA) is 104 Å². The van der Waals surface area contributed by atoms with E-state index in [1.807, 2.05) is 6.92 Å². The molecular weight excluding hydrogens is 164 g/mol. The Morgan fingerprint density at radius 1 is 1.08 bits per heavy atom. The molecule has 0 saturated carbocycles. The first kappa shape index (κ1) is 15.3. The molecule has 0 saturated heterocycles. The van der Waals surface area contributed by atoms with Gasteiger partial charge in [0.2, 0.25) is 0 Å². The monoisotopic (exact) mass is 190 g/mol. The van der Waals surface area contributed by atoms with E-state index in [0.29, 0.717) is 12.5 Å². The van der Waals surface area contributed by atoms with E-state index >= 15 is 0 Å². The summed E-state index contributed by atoms with van der Waals surface area (Å²) in [5, 5.41) is 0. The van der Waals surface area contributed by atoms with E-state index < -0.39 is 0 Å². The maximum atomic E-state index is 5.40. The van der Waals surface area contributed by atoms with Gasteiger partial charge in [-0.3, -0.25) is 0 Å². The van der Waals surface area contributed by atoms with Crippen LogP contribution in [0.3, 0.4) is 0 Å². The van der Waals surface area contributed by atoms with Crippen LogP contribution in [0.2, 0.25) is 0 Å². The first-order valence-corrected chi connectivity index (χ1v) is 4.92. The first-order chi connectivity index (χ1) is 5.95. The van der Waals surface area contributed by atoms with E-state index in [9.17, 15) is 0 Å². The van der Waals surface area contributed by atoms with Crippen molar-refractivity contribution in [3.63, 3.8) is 0 Å². The minimum absolute atomic E-state index is 0.130. The molecule has 4 nitrogen and oxygen atoms in total. The molecule has 82 valence electrons. The first-order valence-electron chi connectivity index (χ1n) is 4.92. The molecule has 0 fully saturated rings. The lowest BCUT2D eigenvalue weighted by molar-refractivity contribution is 0.432. The lowest BCUT2D eigenvalue weighted by Crippen LogP contribution is -2.37. The van der Waals surface area contributed by atoms with Crippen molar-refractivity contribution in [3.8, 4) is 0 Å². The fourth-order valence-electron chi connectivity index (χ4n) is 0.648. The van der Waals surface area contributed by atoms with E-state index in [0.717, 1.165) is 6.42 Å². The lowest BCUT2D eigenvalue weighted by atomic mass is 10.0. The number of nitrogens with two attached hydrogens (primary N) is 4. The third-order valence-corrected chi connectivity index (χ3v) is 1.77. The Labute approximate surface area is 82.0 Å². The van der Waals surface area contributed by atoms with Gasteiger partial charge in [0.05, 0.1) is 6.17 Å². The van der Waals surface area contributed by atoms with E-state index in [4.69, 9.17) is 22.9 Å². The van der Waals surface area contributed by atoms with Crippen molar-refractivity contribution < 1.29 is 0 Å². The molecule has 0 rings (SSSR count). The molecule has 2 unspecified atom stereocenters. The van der Waals surface area contributed by atoms with Crippen LogP contribution in [-0.4, -0.2) is 18.8 Å². The van der Waals surface area contributed by atoms with Crippen molar-refractivity contribution >= 4 is 0 Å². The predicted octanol–water partition coefficient (Wildman–Crippen LogP) is -0.0416. The largest absolute Gasteiger partial charge is 0.329 e. The zero-order chi connectivity index (χ0) is 10.9. The lowest BCUT2D eigenvalue weighted by Gasteiger charge is -2.12. The van der Waals surface area contributed by atoms with Crippen molar-refractivity contribution in [2.24, 2.45) is 28.9 Å². The third-order valence-electron chi connectivity index (χ3n) is 1.77. The van der Waals surface area contributed by atoms with Gasteiger partial charge in [0.15, 0.2) is 0 Å². The summed E-state index contributed by atoms with van der Waals surface area (Å²) in [5.41, 5.74) is 21.0. The highest BCUT2D eigenvalue weighted by Gasteiger charge is 2.04. The Kier molecular flexibility index (Phi) is 11.7. The molecule has 0 aliphatic heterocycles. The van der Waals surface area contributed by atoms with E-state index in [-0.39, 0.29) is 12.2 Å². The normalized spacial score (nSPS) is 14.8. The SMILES string of the molecule is CC(N)CN.CCCC(C)C(N)N. The van der Waals surface area contributed by atoms with Crippen molar-refractivity contribution in [2.45, 2.75) is 45.8 Å². The van der Waals surface area contributed by atoms with Gasteiger partial charge in [-0.15, -0.1) is 0 Å². The zero-order valence-electron chi connectivity index (χ0n) is 9.16. The van der Waals surface area contributed by atoms with Gasteiger partial charge in [0, 0.05) is 12.6 Å². The van der Waals surface area contributed by atoms with Crippen LogP contribution in [0.5, 0.6) is 0 Å². The molecule has 0 aliphatic carbocycles. The molecule has 0 amide bonds. The van der Waals surface area contributed by atoms with Crippen molar-refractivity contribution in [1.29, 1.82) is 0 Å².